The number of sulfonamides is 1. The molecule has 2 heterocycles. The molecule has 4 rings (SSSR count). The van der Waals surface area contributed by atoms with Crippen LogP contribution in [-0.4, -0.2) is 27.9 Å². The first-order valence-electron chi connectivity index (χ1n) is 8.50. The smallest absolute Gasteiger partial charge is 0.263 e. The van der Waals surface area contributed by atoms with E-state index in [4.69, 9.17) is 0 Å². The van der Waals surface area contributed by atoms with Crippen molar-refractivity contribution < 1.29 is 8.42 Å². The maximum Gasteiger partial charge on any atom is 0.263 e. The molecule has 0 spiro atoms. The zero-order valence-corrected chi connectivity index (χ0v) is 15.2. The summed E-state index contributed by atoms with van der Waals surface area (Å²) in [5.74, 6) is 1.53. The van der Waals surface area contributed by atoms with Crippen LogP contribution in [0.25, 0.3) is 5.82 Å². The van der Waals surface area contributed by atoms with Crippen LogP contribution in [0.4, 0.5) is 5.82 Å². The van der Waals surface area contributed by atoms with E-state index < -0.39 is 10.0 Å². The summed E-state index contributed by atoms with van der Waals surface area (Å²) in [5.41, 5.74) is 2.37. The van der Waals surface area contributed by atoms with Crippen LogP contribution < -0.4 is 4.72 Å². The van der Waals surface area contributed by atoms with Crippen LogP contribution in [0.1, 0.15) is 29.8 Å². The van der Waals surface area contributed by atoms with Crippen LogP contribution in [0.2, 0.25) is 0 Å². The van der Waals surface area contributed by atoms with Gasteiger partial charge in [0.1, 0.15) is 23.8 Å². The highest BCUT2D eigenvalue weighted by Crippen LogP contribution is 2.25. The first-order chi connectivity index (χ1) is 12.5. The van der Waals surface area contributed by atoms with Gasteiger partial charge in [0.25, 0.3) is 10.0 Å². The Balaban J connectivity index is 1.63. The number of hydrogen-bond acceptors (Lipinski definition) is 5. The van der Waals surface area contributed by atoms with E-state index in [0.717, 1.165) is 37.1 Å². The van der Waals surface area contributed by atoms with E-state index in [1.165, 1.54) is 11.9 Å². The zero-order valence-electron chi connectivity index (χ0n) is 14.4. The van der Waals surface area contributed by atoms with Crippen molar-refractivity contribution in [1.82, 2.24) is 19.5 Å². The molecule has 8 heteroatoms. The van der Waals surface area contributed by atoms with Gasteiger partial charge in [0.2, 0.25) is 0 Å². The van der Waals surface area contributed by atoms with Gasteiger partial charge in [-0.2, -0.15) is 0 Å². The molecule has 2 aromatic heterocycles. The minimum Gasteiger partial charge on any atom is -0.288 e. The molecule has 7 nitrogen and oxygen atoms in total. The molecule has 1 aliphatic rings. The predicted molar refractivity (Wildman–Crippen MR) is 97.8 cm³/mol. The molecule has 0 saturated heterocycles. The van der Waals surface area contributed by atoms with E-state index in [2.05, 4.69) is 19.7 Å². The second kappa shape index (κ2) is 6.53. The number of hydrogen-bond donors (Lipinski definition) is 1. The molecule has 0 radical (unpaired) electrons. The van der Waals surface area contributed by atoms with Gasteiger partial charge in [-0.25, -0.2) is 23.4 Å². The van der Waals surface area contributed by atoms with Gasteiger partial charge in [0.05, 0.1) is 4.90 Å². The molecule has 0 unspecified atom stereocenters. The molecule has 26 heavy (non-hydrogen) atoms. The van der Waals surface area contributed by atoms with E-state index in [1.807, 2.05) is 13.0 Å². The number of benzene rings is 1. The van der Waals surface area contributed by atoms with Crippen molar-refractivity contribution in [3.63, 3.8) is 0 Å². The summed E-state index contributed by atoms with van der Waals surface area (Å²) in [4.78, 5) is 12.6. The number of nitrogens with zero attached hydrogens (tertiary/aromatic N) is 4. The molecule has 0 aliphatic heterocycles. The van der Waals surface area contributed by atoms with Crippen molar-refractivity contribution in [1.29, 1.82) is 0 Å². The molecule has 1 aromatic carbocycles. The molecule has 0 fully saturated rings. The summed E-state index contributed by atoms with van der Waals surface area (Å²) < 4.78 is 29.8. The maximum atomic E-state index is 12.8. The third-order valence-corrected chi connectivity index (χ3v) is 5.95. The second-order valence-corrected chi connectivity index (χ2v) is 8.03. The van der Waals surface area contributed by atoms with E-state index in [9.17, 15) is 8.42 Å². The summed E-state index contributed by atoms with van der Waals surface area (Å²) in [6, 6.07) is 6.95. The van der Waals surface area contributed by atoms with Crippen molar-refractivity contribution in [3.8, 4) is 5.82 Å². The van der Waals surface area contributed by atoms with Gasteiger partial charge in [0.15, 0.2) is 0 Å². The predicted octanol–water partition coefficient (Wildman–Crippen LogP) is 2.65. The van der Waals surface area contributed by atoms with E-state index in [0.29, 0.717) is 5.82 Å². The molecular formula is C18H19N5O2S. The number of imidazole rings is 1. The fourth-order valence-corrected chi connectivity index (χ4v) is 4.28. The van der Waals surface area contributed by atoms with Gasteiger partial charge in [0, 0.05) is 18.5 Å². The Morgan fingerprint density at radius 3 is 2.62 bits per heavy atom. The van der Waals surface area contributed by atoms with Gasteiger partial charge >= 0.3 is 0 Å². The number of nitrogens with one attached hydrogen (secondary N) is 1. The summed E-state index contributed by atoms with van der Waals surface area (Å²) in [5, 5.41) is 0. The Bertz CT molecular complexity index is 1060. The van der Waals surface area contributed by atoms with Gasteiger partial charge in [-0.05, 0) is 55.9 Å². The highest BCUT2D eigenvalue weighted by molar-refractivity contribution is 7.92. The summed E-state index contributed by atoms with van der Waals surface area (Å²) in [6.45, 7) is 1.85. The van der Waals surface area contributed by atoms with E-state index in [1.54, 1.807) is 35.2 Å². The van der Waals surface area contributed by atoms with Crippen LogP contribution in [0, 0.1) is 6.92 Å². The minimum absolute atomic E-state index is 0.223. The Labute approximate surface area is 152 Å². The lowest BCUT2D eigenvalue weighted by Crippen LogP contribution is -2.15. The van der Waals surface area contributed by atoms with Crippen LogP contribution in [0.5, 0.6) is 0 Å². The lowest BCUT2D eigenvalue weighted by Gasteiger charge is -2.17. The topological polar surface area (TPSA) is 89.8 Å². The van der Waals surface area contributed by atoms with Crippen molar-refractivity contribution in [2.24, 2.45) is 0 Å². The van der Waals surface area contributed by atoms with Crippen LogP contribution in [-0.2, 0) is 22.9 Å². The van der Waals surface area contributed by atoms with Gasteiger partial charge in [-0.15, -0.1) is 0 Å². The average molecular weight is 369 g/mol. The normalized spacial score (nSPS) is 14.0. The monoisotopic (exact) mass is 369 g/mol. The molecule has 1 aliphatic carbocycles. The molecule has 1 N–H and O–H groups in total. The Hall–Kier alpha value is -2.74. The zero-order chi connectivity index (χ0) is 18.1. The summed E-state index contributed by atoms with van der Waals surface area (Å²) in [6.07, 6.45) is 8.96. The third-order valence-electron chi connectivity index (χ3n) is 4.59. The van der Waals surface area contributed by atoms with Gasteiger partial charge in [-0.3, -0.25) is 9.29 Å². The van der Waals surface area contributed by atoms with Crippen LogP contribution in [0.3, 0.4) is 0 Å². The first-order valence-corrected chi connectivity index (χ1v) is 9.98. The molecular weight excluding hydrogens is 350 g/mol. The largest absolute Gasteiger partial charge is 0.288 e. The molecule has 0 atom stereocenters. The maximum absolute atomic E-state index is 12.8. The Kier molecular flexibility index (Phi) is 4.20. The van der Waals surface area contributed by atoms with Crippen molar-refractivity contribution in [2.75, 3.05) is 4.72 Å². The van der Waals surface area contributed by atoms with E-state index >= 15 is 0 Å². The second-order valence-electron chi connectivity index (χ2n) is 6.35. The van der Waals surface area contributed by atoms with E-state index in [-0.39, 0.29) is 10.7 Å². The third kappa shape index (κ3) is 3.20. The summed E-state index contributed by atoms with van der Waals surface area (Å²) in [7, 11) is -3.71. The van der Waals surface area contributed by atoms with Crippen LogP contribution in [0.15, 0.2) is 47.9 Å². The molecule has 0 bridgehead atoms. The molecule has 0 saturated carbocycles. The number of rotatable bonds is 4. The lowest BCUT2D eigenvalue weighted by molar-refractivity contribution is 0.600. The highest BCUT2D eigenvalue weighted by atomic mass is 32.2. The quantitative estimate of drug-likeness (QED) is 0.764. The van der Waals surface area contributed by atoms with Crippen molar-refractivity contribution in [2.45, 2.75) is 37.5 Å². The molecule has 0 amide bonds. The molecule has 3 aromatic rings. The Morgan fingerprint density at radius 1 is 1.04 bits per heavy atom. The highest BCUT2D eigenvalue weighted by Gasteiger charge is 2.19. The van der Waals surface area contributed by atoms with Crippen molar-refractivity contribution >= 4 is 15.8 Å². The minimum atomic E-state index is -3.71. The number of aromatic nitrogens is 4. The standard InChI is InChI=1S/C18H19N5O2S/c1-13-19-8-9-23(13)18-11-17(20-12-21-18)22-26(24,25)16-7-6-14-4-2-3-5-15(14)10-16/h6-12H,2-5H2,1H3,(H,20,21,22). The average Bonchev–Trinajstić information content (AvgIpc) is 3.07. The van der Waals surface area contributed by atoms with Crippen LogP contribution >= 0.6 is 0 Å². The SMILES string of the molecule is Cc1nccn1-c1cc(NS(=O)(=O)c2ccc3c(c2)CCCC3)ncn1. The Morgan fingerprint density at radius 2 is 1.85 bits per heavy atom. The number of aryl methyl sites for hydroxylation is 3. The summed E-state index contributed by atoms with van der Waals surface area (Å²) >= 11 is 0. The first kappa shape index (κ1) is 16.7. The fraction of sp³-hybridized carbons (Fsp3) is 0.278. The number of anilines is 1. The fourth-order valence-electron chi connectivity index (χ4n) is 3.23. The number of fused-ring (bicyclic) bond motifs is 1. The lowest BCUT2D eigenvalue weighted by atomic mass is 9.92. The van der Waals surface area contributed by atoms with Gasteiger partial charge in [-0.1, -0.05) is 6.07 Å². The van der Waals surface area contributed by atoms with Gasteiger partial charge < -0.3 is 0 Å². The molecule has 134 valence electrons. The van der Waals surface area contributed by atoms with Crippen molar-refractivity contribution in [3.05, 3.63) is 59.9 Å².